The van der Waals surface area contributed by atoms with E-state index in [-0.39, 0.29) is 5.91 Å². The number of benzene rings is 2. The van der Waals surface area contributed by atoms with Crippen LogP contribution in [0.4, 0.5) is 5.69 Å². The Morgan fingerprint density at radius 2 is 1.86 bits per heavy atom. The Hall–Kier alpha value is -3.19. The number of primary amides is 1. The fraction of sp³-hybridized carbons (Fsp3) is 0.318. The van der Waals surface area contributed by atoms with E-state index < -0.39 is 5.91 Å². The molecule has 1 saturated heterocycles. The second-order valence-electron chi connectivity index (χ2n) is 7.73. The minimum Gasteiger partial charge on any atom is -0.366 e. The number of nitrogens with zero attached hydrogens (tertiary/aromatic N) is 3. The molecule has 3 aromatic rings. The summed E-state index contributed by atoms with van der Waals surface area (Å²) < 4.78 is 1.71. The molecule has 0 radical (unpaired) electrons. The monoisotopic (exact) mass is 391 g/mol. The number of carbonyl (C=O) groups excluding carboxylic acids is 2. The minimum atomic E-state index is -0.497. The number of hydrogen-bond acceptors (Lipinski definition) is 4. The van der Waals surface area contributed by atoms with Gasteiger partial charge in [0.05, 0.1) is 11.3 Å². The first kappa shape index (κ1) is 19.1. The smallest absolute Gasteiger partial charge is 0.250 e. The lowest BCUT2D eigenvalue weighted by Crippen LogP contribution is -2.31. The summed E-state index contributed by atoms with van der Waals surface area (Å²) in [4.78, 5) is 26.3. The fourth-order valence-corrected chi connectivity index (χ4v) is 3.81. The van der Waals surface area contributed by atoms with Crippen LogP contribution in [0.15, 0.2) is 48.7 Å². The molecule has 1 aliphatic heterocycles. The van der Waals surface area contributed by atoms with Crippen LogP contribution in [0.3, 0.4) is 0 Å². The molecule has 7 heteroatoms. The van der Waals surface area contributed by atoms with E-state index in [0.29, 0.717) is 23.4 Å². The fourth-order valence-electron chi connectivity index (χ4n) is 3.81. The second kappa shape index (κ2) is 8.05. The van der Waals surface area contributed by atoms with E-state index in [1.54, 1.807) is 16.8 Å². The highest BCUT2D eigenvalue weighted by Gasteiger charge is 2.19. The molecule has 1 fully saturated rings. The van der Waals surface area contributed by atoms with Crippen LogP contribution < -0.4 is 11.1 Å². The molecule has 0 saturated carbocycles. The highest BCUT2D eigenvalue weighted by atomic mass is 16.2. The summed E-state index contributed by atoms with van der Waals surface area (Å²) in [7, 11) is 2.12. The standard InChI is InChI=1S/C22H25N5O2/c1-26-11-9-15(10-12-26)13-20(28)24-17-5-7-18(8-6-17)27-14-16-3-2-4-19(22(23)29)21(16)25-27/h2-8,14-15H,9-13H2,1H3,(H2,23,29)(H,24,28). The molecule has 2 amide bonds. The number of carbonyl (C=O) groups is 2. The third-order valence-corrected chi connectivity index (χ3v) is 5.53. The summed E-state index contributed by atoms with van der Waals surface area (Å²) >= 11 is 0. The molecule has 1 aliphatic rings. The Balaban J connectivity index is 1.44. The number of likely N-dealkylation sites (tertiary alicyclic amines) is 1. The van der Waals surface area contributed by atoms with Crippen LogP contribution in [-0.4, -0.2) is 46.6 Å². The molecule has 29 heavy (non-hydrogen) atoms. The number of fused-ring (bicyclic) bond motifs is 1. The third-order valence-electron chi connectivity index (χ3n) is 5.53. The molecule has 0 bridgehead atoms. The first-order chi connectivity index (χ1) is 14.0. The zero-order valence-corrected chi connectivity index (χ0v) is 16.5. The number of anilines is 1. The van der Waals surface area contributed by atoms with E-state index in [9.17, 15) is 9.59 Å². The number of nitrogens with two attached hydrogens (primary N) is 1. The van der Waals surface area contributed by atoms with Gasteiger partial charge in [-0.05, 0) is 69.2 Å². The van der Waals surface area contributed by atoms with Gasteiger partial charge in [0.25, 0.3) is 5.91 Å². The van der Waals surface area contributed by atoms with Gasteiger partial charge in [0.15, 0.2) is 0 Å². The van der Waals surface area contributed by atoms with Crippen LogP contribution in [0.5, 0.6) is 0 Å². The molecule has 7 nitrogen and oxygen atoms in total. The predicted octanol–water partition coefficient (Wildman–Crippen LogP) is 2.79. The first-order valence-corrected chi connectivity index (χ1v) is 9.86. The van der Waals surface area contributed by atoms with Gasteiger partial charge in [-0.25, -0.2) is 4.68 Å². The molecule has 0 unspecified atom stereocenters. The number of rotatable bonds is 5. The molecule has 2 aromatic carbocycles. The molecule has 0 spiro atoms. The van der Waals surface area contributed by atoms with Gasteiger partial charge in [-0.3, -0.25) is 9.59 Å². The zero-order chi connectivity index (χ0) is 20.4. The first-order valence-electron chi connectivity index (χ1n) is 9.86. The lowest BCUT2D eigenvalue weighted by molar-refractivity contribution is -0.117. The molecule has 2 heterocycles. The molecule has 4 rings (SSSR count). The zero-order valence-electron chi connectivity index (χ0n) is 16.5. The van der Waals surface area contributed by atoms with Crippen molar-refractivity contribution >= 4 is 28.4 Å². The number of hydrogen-bond donors (Lipinski definition) is 2. The molecule has 0 atom stereocenters. The third kappa shape index (κ3) is 4.30. The largest absolute Gasteiger partial charge is 0.366 e. The molecule has 1 aromatic heterocycles. The number of piperidine rings is 1. The molecule has 0 aliphatic carbocycles. The number of nitrogens with one attached hydrogen (secondary N) is 1. The van der Waals surface area contributed by atoms with Crippen LogP contribution in [0.25, 0.3) is 16.6 Å². The van der Waals surface area contributed by atoms with E-state index in [1.807, 2.05) is 36.5 Å². The van der Waals surface area contributed by atoms with Crippen molar-refractivity contribution in [3.8, 4) is 5.69 Å². The quantitative estimate of drug-likeness (QED) is 0.699. The summed E-state index contributed by atoms with van der Waals surface area (Å²) in [6.07, 6.45) is 4.57. The van der Waals surface area contributed by atoms with E-state index >= 15 is 0 Å². The van der Waals surface area contributed by atoms with Gasteiger partial charge in [0.2, 0.25) is 5.91 Å². The van der Waals surface area contributed by atoms with Crippen LogP contribution in [0.1, 0.15) is 29.6 Å². The summed E-state index contributed by atoms with van der Waals surface area (Å²) in [5.74, 6) is 0.0215. The molecular weight excluding hydrogens is 366 g/mol. The molecule has 3 N–H and O–H groups in total. The van der Waals surface area contributed by atoms with E-state index in [1.165, 1.54) is 0 Å². The Labute approximate surface area is 169 Å². The van der Waals surface area contributed by atoms with Crippen molar-refractivity contribution in [3.63, 3.8) is 0 Å². The lowest BCUT2D eigenvalue weighted by Gasteiger charge is -2.28. The van der Waals surface area contributed by atoms with Gasteiger partial charge in [0.1, 0.15) is 5.52 Å². The Bertz CT molecular complexity index is 1030. The van der Waals surface area contributed by atoms with Crippen LogP contribution >= 0.6 is 0 Å². The van der Waals surface area contributed by atoms with E-state index in [2.05, 4.69) is 22.4 Å². The topological polar surface area (TPSA) is 93.3 Å². The van der Waals surface area contributed by atoms with Gasteiger partial charge < -0.3 is 16.0 Å². The summed E-state index contributed by atoms with van der Waals surface area (Å²) in [6, 6.07) is 12.9. The summed E-state index contributed by atoms with van der Waals surface area (Å²) in [5, 5.41) is 8.33. The lowest BCUT2D eigenvalue weighted by atomic mass is 9.93. The van der Waals surface area contributed by atoms with Crippen LogP contribution in [-0.2, 0) is 4.79 Å². The SMILES string of the molecule is CN1CCC(CC(=O)Nc2ccc(-n3cc4cccc(C(N)=O)c4n3)cc2)CC1. The number of amides is 2. The van der Waals surface area contributed by atoms with Crippen molar-refractivity contribution < 1.29 is 9.59 Å². The van der Waals surface area contributed by atoms with Crippen molar-refractivity contribution in [1.82, 2.24) is 14.7 Å². The van der Waals surface area contributed by atoms with E-state index in [4.69, 9.17) is 5.73 Å². The Morgan fingerprint density at radius 3 is 2.55 bits per heavy atom. The van der Waals surface area contributed by atoms with Gasteiger partial charge in [-0.15, -0.1) is 0 Å². The number of aromatic nitrogens is 2. The highest BCUT2D eigenvalue weighted by molar-refractivity contribution is 6.04. The maximum Gasteiger partial charge on any atom is 0.250 e. The van der Waals surface area contributed by atoms with E-state index in [0.717, 1.165) is 42.7 Å². The summed E-state index contributed by atoms with van der Waals surface area (Å²) in [5.41, 5.74) is 8.02. The summed E-state index contributed by atoms with van der Waals surface area (Å²) in [6.45, 7) is 2.12. The van der Waals surface area contributed by atoms with Crippen molar-refractivity contribution in [1.29, 1.82) is 0 Å². The van der Waals surface area contributed by atoms with Gasteiger partial charge in [-0.2, -0.15) is 5.10 Å². The molecule has 150 valence electrons. The maximum atomic E-state index is 12.3. The normalized spacial score (nSPS) is 15.5. The Morgan fingerprint density at radius 1 is 1.14 bits per heavy atom. The minimum absolute atomic E-state index is 0.0585. The van der Waals surface area contributed by atoms with Crippen molar-refractivity contribution in [2.45, 2.75) is 19.3 Å². The van der Waals surface area contributed by atoms with Crippen LogP contribution in [0, 0.1) is 5.92 Å². The average molecular weight is 391 g/mol. The Kier molecular flexibility index (Phi) is 5.31. The highest BCUT2D eigenvalue weighted by Crippen LogP contribution is 2.22. The van der Waals surface area contributed by atoms with Crippen molar-refractivity contribution in [2.75, 3.05) is 25.5 Å². The van der Waals surface area contributed by atoms with Gasteiger partial charge in [-0.1, -0.05) is 12.1 Å². The van der Waals surface area contributed by atoms with Crippen molar-refractivity contribution in [2.24, 2.45) is 11.7 Å². The molecular formula is C22H25N5O2. The van der Waals surface area contributed by atoms with Crippen LogP contribution in [0.2, 0.25) is 0 Å². The van der Waals surface area contributed by atoms with Crippen molar-refractivity contribution in [3.05, 3.63) is 54.2 Å². The van der Waals surface area contributed by atoms with Gasteiger partial charge in [0, 0.05) is 23.7 Å². The maximum absolute atomic E-state index is 12.3. The predicted molar refractivity (Wildman–Crippen MR) is 113 cm³/mol. The average Bonchev–Trinajstić information content (AvgIpc) is 3.14. The second-order valence-corrected chi connectivity index (χ2v) is 7.73. The van der Waals surface area contributed by atoms with Gasteiger partial charge >= 0.3 is 0 Å².